The Kier molecular flexibility index (Phi) is 8.52. The number of amides is 2. The van der Waals surface area contributed by atoms with E-state index in [1.54, 1.807) is 11.5 Å². The van der Waals surface area contributed by atoms with Gasteiger partial charge in [-0.25, -0.2) is 4.79 Å². The van der Waals surface area contributed by atoms with Crippen LogP contribution in [-0.4, -0.2) is 72.0 Å². The molecule has 3 atom stereocenters. The van der Waals surface area contributed by atoms with E-state index in [1.807, 2.05) is 75.4 Å². The molecule has 0 bridgehead atoms. The molecule has 43 heavy (non-hydrogen) atoms. The summed E-state index contributed by atoms with van der Waals surface area (Å²) in [7, 11) is 1.24. The van der Waals surface area contributed by atoms with Crippen molar-refractivity contribution >= 4 is 40.9 Å². The zero-order valence-electron chi connectivity index (χ0n) is 24.5. The van der Waals surface area contributed by atoms with E-state index in [2.05, 4.69) is 5.32 Å². The minimum atomic E-state index is -0.940. The van der Waals surface area contributed by atoms with Gasteiger partial charge in [0.05, 0.1) is 23.8 Å². The molecule has 5 rings (SSSR count). The number of hydrogen-bond acceptors (Lipinski definition) is 8. The molecule has 10 heteroatoms. The van der Waals surface area contributed by atoms with Crippen LogP contribution in [0.3, 0.4) is 0 Å². The second-order valence-electron chi connectivity index (χ2n) is 11.7. The first-order valence-corrected chi connectivity index (χ1v) is 14.9. The molecule has 2 aromatic carbocycles. The molecule has 2 amide bonds. The van der Waals surface area contributed by atoms with Crippen molar-refractivity contribution in [1.29, 1.82) is 5.41 Å². The number of rotatable bonds is 8. The van der Waals surface area contributed by atoms with Crippen LogP contribution < -0.4 is 10.1 Å². The van der Waals surface area contributed by atoms with Crippen molar-refractivity contribution < 1.29 is 29.0 Å². The number of carbonyl (C=O) groups excluding carboxylic acids is 3. The summed E-state index contributed by atoms with van der Waals surface area (Å²) in [5, 5.41) is 23.4. The molecular weight excluding hydrogens is 566 g/mol. The van der Waals surface area contributed by atoms with E-state index >= 15 is 0 Å². The molecule has 0 spiro atoms. The average molecular weight is 602 g/mol. The highest BCUT2D eigenvalue weighted by Gasteiger charge is 2.45. The molecule has 2 aliphatic rings. The minimum Gasteiger partial charge on any atom is -0.490 e. The Balaban J connectivity index is 1.24. The van der Waals surface area contributed by atoms with Gasteiger partial charge < -0.3 is 24.8 Å². The smallest absolute Gasteiger partial charge is 0.328 e. The van der Waals surface area contributed by atoms with E-state index in [4.69, 9.17) is 14.9 Å². The van der Waals surface area contributed by atoms with Crippen LogP contribution in [0.5, 0.6) is 5.75 Å². The van der Waals surface area contributed by atoms with Crippen LogP contribution in [0.1, 0.15) is 53.6 Å². The Morgan fingerprint density at radius 1 is 1.12 bits per heavy atom. The number of hydrogen-bond donors (Lipinski definition) is 3. The summed E-state index contributed by atoms with van der Waals surface area (Å²) in [4.78, 5) is 41.1. The van der Waals surface area contributed by atoms with E-state index in [0.29, 0.717) is 21.9 Å². The van der Waals surface area contributed by atoms with E-state index < -0.39 is 41.4 Å². The number of likely N-dealkylation sites (tertiary alicyclic amines) is 1. The van der Waals surface area contributed by atoms with Crippen LogP contribution in [-0.2, 0) is 14.3 Å². The highest BCUT2D eigenvalue weighted by molar-refractivity contribution is 7.12. The molecule has 1 aliphatic heterocycles. The van der Waals surface area contributed by atoms with Crippen molar-refractivity contribution in [2.45, 2.75) is 45.4 Å². The van der Waals surface area contributed by atoms with Crippen molar-refractivity contribution in [3.8, 4) is 16.9 Å². The van der Waals surface area contributed by atoms with Crippen molar-refractivity contribution in [3.05, 3.63) is 81.6 Å². The summed E-state index contributed by atoms with van der Waals surface area (Å²) in [5.41, 5.74) is 4.31. The zero-order valence-corrected chi connectivity index (χ0v) is 25.4. The van der Waals surface area contributed by atoms with E-state index in [9.17, 15) is 19.5 Å². The summed E-state index contributed by atoms with van der Waals surface area (Å²) >= 11 is 1.26. The van der Waals surface area contributed by atoms with Crippen molar-refractivity contribution in [2.75, 3.05) is 20.3 Å². The highest BCUT2D eigenvalue weighted by Crippen LogP contribution is 2.38. The Morgan fingerprint density at radius 2 is 1.84 bits per heavy atom. The maximum absolute atomic E-state index is 13.6. The predicted octanol–water partition coefficient (Wildman–Crippen LogP) is 4.52. The second kappa shape index (κ2) is 12.1. The fourth-order valence-corrected chi connectivity index (χ4v) is 6.31. The number of aliphatic hydroxyl groups is 1. The summed E-state index contributed by atoms with van der Waals surface area (Å²) < 4.78 is 10.8. The van der Waals surface area contributed by atoms with Crippen LogP contribution in [0, 0.1) is 10.8 Å². The lowest BCUT2D eigenvalue weighted by Crippen LogP contribution is -2.56. The van der Waals surface area contributed by atoms with Crippen molar-refractivity contribution in [2.24, 2.45) is 5.41 Å². The number of nitrogens with zero attached hydrogens (tertiary/aromatic N) is 1. The first-order valence-electron chi connectivity index (χ1n) is 14.1. The molecule has 3 aromatic rings. The molecular formula is C33H35N3O6S. The standard InChI is InChI=1S/C33H35N3O6S/c1-33(2,3)29(31(39)36-18-20(37)16-26(36)32(40)41-4)35-30(38)28-19(13-15-43-28)8-7-14-42-21-11-12-23-22-9-5-6-10-24(22)27(34)25(23)17-21/h5-13,15,17,20,26,29,34,37H,14,16,18H2,1-4H3,(H,35,38)/b8-7+,34-27?/t20-,26+,29-/m1/s1. The minimum absolute atomic E-state index is 0.00761. The quantitative estimate of drug-likeness (QED) is 0.255. The molecule has 3 N–H and O–H groups in total. The monoisotopic (exact) mass is 601 g/mol. The molecule has 224 valence electrons. The number of aliphatic hydroxyl groups excluding tert-OH is 1. The lowest BCUT2D eigenvalue weighted by atomic mass is 9.85. The number of benzene rings is 2. The molecule has 9 nitrogen and oxygen atoms in total. The fourth-order valence-electron chi connectivity index (χ4n) is 5.52. The normalized spacial score (nSPS) is 18.3. The number of methoxy groups -OCH3 is 1. The number of carbonyl (C=O) groups is 3. The molecule has 1 aliphatic carbocycles. The summed E-state index contributed by atoms with van der Waals surface area (Å²) in [6.45, 7) is 5.75. The average Bonchev–Trinajstić information content (AvgIpc) is 3.69. The first-order chi connectivity index (χ1) is 20.5. The summed E-state index contributed by atoms with van der Waals surface area (Å²) in [6, 6.07) is 13.6. The molecule has 0 unspecified atom stereocenters. The maximum atomic E-state index is 13.6. The third kappa shape index (κ3) is 6.11. The van der Waals surface area contributed by atoms with Crippen LogP contribution in [0.25, 0.3) is 17.2 Å². The molecule has 2 heterocycles. The van der Waals surface area contributed by atoms with Gasteiger partial charge in [0, 0.05) is 24.1 Å². The lowest BCUT2D eigenvalue weighted by molar-refractivity contribution is -0.152. The highest BCUT2D eigenvalue weighted by atomic mass is 32.1. The van der Waals surface area contributed by atoms with Gasteiger partial charge in [-0.15, -0.1) is 11.3 Å². The summed E-state index contributed by atoms with van der Waals surface area (Å²) in [5.74, 6) is -0.802. The van der Waals surface area contributed by atoms with Gasteiger partial charge in [0.2, 0.25) is 5.91 Å². The van der Waals surface area contributed by atoms with Crippen LogP contribution in [0.2, 0.25) is 0 Å². The third-order valence-corrected chi connectivity index (χ3v) is 8.65. The molecule has 1 saturated heterocycles. The Bertz CT molecular complexity index is 1600. The molecule has 0 radical (unpaired) electrons. The first kappa shape index (κ1) is 30.2. The number of ether oxygens (including phenoxy) is 2. The van der Waals surface area contributed by atoms with Gasteiger partial charge in [-0.2, -0.15) is 0 Å². The van der Waals surface area contributed by atoms with Gasteiger partial charge in [0.1, 0.15) is 24.4 Å². The van der Waals surface area contributed by atoms with Gasteiger partial charge in [0.15, 0.2) is 0 Å². The van der Waals surface area contributed by atoms with Gasteiger partial charge in [-0.1, -0.05) is 51.1 Å². The lowest BCUT2D eigenvalue weighted by Gasteiger charge is -2.35. The Labute approximate surface area is 254 Å². The third-order valence-electron chi connectivity index (χ3n) is 7.72. The SMILES string of the molecule is COC(=O)[C@@H]1C[C@@H](O)CN1C(=O)[C@@H](NC(=O)c1sccc1/C=C/COc1ccc2c(c1)C(=N)c1ccccc1-2)C(C)(C)C. The van der Waals surface area contributed by atoms with Crippen molar-refractivity contribution in [1.82, 2.24) is 10.2 Å². The van der Waals surface area contributed by atoms with E-state index in [0.717, 1.165) is 22.3 Å². The largest absolute Gasteiger partial charge is 0.490 e. The molecule has 0 saturated carbocycles. The van der Waals surface area contributed by atoms with E-state index in [1.165, 1.54) is 23.3 Å². The number of esters is 1. The van der Waals surface area contributed by atoms with Crippen LogP contribution >= 0.6 is 11.3 Å². The topological polar surface area (TPSA) is 129 Å². The van der Waals surface area contributed by atoms with Gasteiger partial charge in [-0.05, 0) is 57.8 Å². The second-order valence-corrected chi connectivity index (χ2v) is 12.7. The summed E-state index contributed by atoms with van der Waals surface area (Å²) in [6.07, 6.45) is 2.85. The fraction of sp³-hybridized carbons (Fsp3) is 0.333. The van der Waals surface area contributed by atoms with Gasteiger partial charge in [0.25, 0.3) is 5.91 Å². The number of nitrogens with one attached hydrogen (secondary N) is 2. The zero-order chi connectivity index (χ0) is 30.9. The predicted molar refractivity (Wildman–Crippen MR) is 166 cm³/mol. The van der Waals surface area contributed by atoms with Gasteiger partial charge >= 0.3 is 5.97 Å². The Hall–Kier alpha value is -4.28. The number of thiophene rings is 1. The number of fused-ring (bicyclic) bond motifs is 3. The Morgan fingerprint density at radius 3 is 2.56 bits per heavy atom. The van der Waals surface area contributed by atoms with Crippen LogP contribution in [0.15, 0.2) is 60.0 Å². The van der Waals surface area contributed by atoms with E-state index in [-0.39, 0.29) is 19.6 Å². The number of β-amino-alcohol motifs (C(OH)–C–C–N with tert-alkyl or cyclic N) is 1. The van der Waals surface area contributed by atoms with Crippen LogP contribution in [0.4, 0.5) is 0 Å². The van der Waals surface area contributed by atoms with Gasteiger partial charge in [-0.3, -0.25) is 15.0 Å². The molecule has 1 aromatic heterocycles. The van der Waals surface area contributed by atoms with Crippen molar-refractivity contribution in [3.63, 3.8) is 0 Å². The molecule has 1 fully saturated rings. The maximum Gasteiger partial charge on any atom is 0.328 e.